The lowest BCUT2D eigenvalue weighted by Gasteiger charge is -2.04. The number of aromatic nitrogens is 3. The molecule has 13 heavy (non-hydrogen) atoms. The van der Waals surface area contributed by atoms with Gasteiger partial charge in [-0.2, -0.15) is 13.2 Å². The Hall–Kier alpha value is -0.920. The molecule has 0 radical (unpaired) electrons. The molecule has 1 aromatic rings. The van der Waals surface area contributed by atoms with E-state index in [4.69, 9.17) is 5.84 Å². The van der Waals surface area contributed by atoms with Crippen LogP contribution >= 0.6 is 11.8 Å². The van der Waals surface area contributed by atoms with E-state index < -0.39 is 12.0 Å². The van der Waals surface area contributed by atoms with Crippen LogP contribution in [-0.2, 0) is 6.18 Å². The van der Waals surface area contributed by atoms with Crippen molar-refractivity contribution in [3.8, 4) is 0 Å². The average molecular weight is 212 g/mol. The highest BCUT2D eigenvalue weighted by molar-refractivity contribution is 7.99. The van der Waals surface area contributed by atoms with E-state index in [1.807, 2.05) is 0 Å². The minimum absolute atomic E-state index is 0.0647. The maximum atomic E-state index is 12.1. The monoisotopic (exact) mass is 212 g/mol. The third kappa shape index (κ3) is 2.06. The van der Waals surface area contributed by atoms with Gasteiger partial charge < -0.3 is 5.84 Å². The van der Waals surface area contributed by atoms with Crippen LogP contribution in [0.1, 0.15) is 12.7 Å². The Labute approximate surface area is 76.3 Å². The zero-order valence-electron chi connectivity index (χ0n) is 6.67. The van der Waals surface area contributed by atoms with Gasteiger partial charge in [0.15, 0.2) is 0 Å². The van der Waals surface area contributed by atoms with Crippen LogP contribution in [0, 0.1) is 0 Å². The molecule has 0 amide bonds. The van der Waals surface area contributed by atoms with Crippen LogP contribution in [-0.4, -0.2) is 20.6 Å². The molecule has 0 aromatic carbocycles. The molecule has 0 unspecified atom stereocenters. The lowest BCUT2D eigenvalue weighted by atomic mass is 10.6. The van der Waals surface area contributed by atoms with Crippen molar-refractivity contribution in [3.05, 3.63) is 5.82 Å². The lowest BCUT2D eigenvalue weighted by molar-refractivity contribution is -0.146. The van der Waals surface area contributed by atoms with E-state index in [-0.39, 0.29) is 5.16 Å². The Morgan fingerprint density at radius 1 is 1.46 bits per heavy atom. The molecule has 1 heterocycles. The van der Waals surface area contributed by atoms with Crippen LogP contribution in [0.25, 0.3) is 0 Å². The van der Waals surface area contributed by atoms with Crippen LogP contribution in [0.15, 0.2) is 5.16 Å². The summed E-state index contributed by atoms with van der Waals surface area (Å²) in [6, 6.07) is 0. The molecule has 0 atom stereocenters. The second-order valence-electron chi connectivity index (χ2n) is 2.11. The Morgan fingerprint density at radius 2 is 2.08 bits per heavy atom. The van der Waals surface area contributed by atoms with Gasteiger partial charge in [-0.1, -0.05) is 18.7 Å². The SMILES string of the molecule is CCSc1nnc(C(F)(F)F)n1N. The number of hydrogen-bond donors (Lipinski definition) is 1. The van der Waals surface area contributed by atoms with Gasteiger partial charge in [0.05, 0.1) is 0 Å². The van der Waals surface area contributed by atoms with Gasteiger partial charge in [-0.25, -0.2) is 4.68 Å². The fraction of sp³-hybridized carbons (Fsp3) is 0.600. The second kappa shape index (κ2) is 3.44. The zero-order valence-corrected chi connectivity index (χ0v) is 7.48. The maximum Gasteiger partial charge on any atom is 0.453 e. The van der Waals surface area contributed by atoms with Crippen molar-refractivity contribution >= 4 is 11.8 Å². The number of thioether (sulfide) groups is 1. The fourth-order valence-electron chi connectivity index (χ4n) is 0.698. The Morgan fingerprint density at radius 3 is 2.46 bits per heavy atom. The van der Waals surface area contributed by atoms with Crippen LogP contribution in [0.3, 0.4) is 0 Å². The summed E-state index contributed by atoms with van der Waals surface area (Å²) in [5, 5.41) is 6.32. The van der Waals surface area contributed by atoms with Crippen LogP contribution < -0.4 is 5.84 Å². The van der Waals surface area contributed by atoms with Gasteiger partial charge in [0, 0.05) is 0 Å². The number of hydrogen-bond acceptors (Lipinski definition) is 4. The van der Waals surface area contributed by atoms with E-state index in [2.05, 4.69) is 10.2 Å². The van der Waals surface area contributed by atoms with Gasteiger partial charge >= 0.3 is 6.18 Å². The highest BCUT2D eigenvalue weighted by Crippen LogP contribution is 2.28. The van der Waals surface area contributed by atoms with Gasteiger partial charge in [0.2, 0.25) is 5.16 Å². The summed E-state index contributed by atoms with van der Waals surface area (Å²) in [7, 11) is 0. The molecule has 0 saturated heterocycles. The van der Waals surface area contributed by atoms with Crippen LogP contribution in [0.4, 0.5) is 13.2 Å². The number of rotatable bonds is 2. The first-order valence-electron chi connectivity index (χ1n) is 3.37. The Bertz CT molecular complexity index is 294. The summed E-state index contributed by atoms with van der Waals surface area (Å²) in [5.41, 5.74) is 0. The molecule has 2 N–H and O–H groups in total. The zero-order chi connectivity index (χ0) is 10.1. The molecule has 74 valence electrons. The van der Waals surface area contributed by atoms with E-state index in [0.29, 0.717) is 10.4 Å². The molecule has 0 aliphatic carbocycles. The number of alkyl halides is 3. The maximum absolute atomic E-state index is 12.1. The Balaban J connectivity index is 2.99. The average Bonchev–Trinajstić information content (AvgIpc) is 2.32. The number of nitrogens with two attached hydrogens (primary N) is 1. The molecule has 0 bridgehead atoms. The summed E-state index contributed by atoms with van der Waals surface area (Å²) < 4.78 is 36.7. The molecule has 1 aromatic heterocycles. The Kier molecular flexibility index (Phi) is 2.69. The van der Waals surface area contributed by atoms with Crippen molar-refractivity contribution in [1.29, 1.82) is 0 Å². The molecule has 8 heteroatoms. The third-order valence-corrected chi connectivity index (χ3v) is 2.02. The molecule has 0 spiro atoms. The highest BCUT2D eigenvalue weighted by Gasteiger charge is 2.38. The summed E-state index contributed by atoms with van der Waals surface area (Å²) in [4.78, 5) is 0. The van der Waals surface area contributed by atoms with Gasteiger partial charge in [0.1, 0.15) is 0 Å². The van der Waals surface area contributed by atoms with E-state index in [1.165, 1.54) is 0 Å². The van der Waals surface area contributed by atoms with E-state index in [0.717, 1.165) is 11.8 Å². The summed E-state index contributed by atoms with van der Waals surface area (Å²) >= 11 is 1.10. The van der Waals surface area contributed by atoms with Gasteiger partial charge in [0.25, 0.3) is 5.82 Å². The van der Waals surface area contributed by atoms with Crippen LogP contribution in [0.2, 0.25) is 0 Å². The largest absolute Gasteiger partial charge is 0.453 e. The second-order valence-corrected chi connectivity index (χ2v) is 3.34. The third-order valence-electron chi connectivity index (χ3n) is 1.19. The predicted molar refractivity (Wildman–Crippen MR) is 41.6 cm³/mol. The summed E-state index contributed by atoms with van der Waals surface area (Å²) in [6.45, 7) is 1.78. The summed E-state index contributed by atoms with van der Waals surface area (Å²) in [6.07, 6.45) is -4.55. The lowest BCUT2D eigenvalue weighted by Crippen LogP contribution is -2.21. The van der Waals surface area contributed by atoms with Crippen molar-refractivity contribution in [2.45, 2.75) is 18.3 Å². The number of halogens is 3. The van der Waals surface area contributed by atoms with Crippen molar-refractivity contribution in [1.82, 2.24) is 14.9 Å². The molecule has 1 rings (SSSR count). The van der Waals surface area contributed by atoms with E-state index in [1.54, 1.807) is 6.92 Å². The van der Waals surface area contributed by atoms with Crippen molar-refractivity contribution in [2.75, 3.05) is 11.6 Å². The van der Waals surface area contributed by atoms with Gasteiger partial charge in [-0.05, 0) is 5.75 Å². The molecule has 0 fully saturated rings. The first-order valence-corrected chi connectivity index (χ1v) is 4.36. The smallest absolute Gasteiger partial charge is 0.335 e. The van der Waals surface area contributed by atoms with E-state index >= 15 is 0 Å². The minimum atomic E-state index is -4.55. The van der Waals surface area contributed by atoms with Crippen molar-refractivity contribution in [3.63, 3.8) is 0 Å². The molecular formula is C5H7F3N4S. The molecular weight excluding hydrogens is 205 g/mol. The molecule has 0 saturated carbocycles. The normalized spacial score (nSPS) is 12.0. The first kappa shape index (κ1) is 10.2. The summed E-state index contributed by atoms with van der Waals surface area (Å²) in [5.74, 6) is 4.54. The molecule has 4 nitrogen and oxygen atoms in total. The predicted octanol–water partition coefficient (Wildman–Crippen LogP) is 1.12. The topological polar surface area (TPSA) is 56.7 Å². The van der Waals surface area contributed by atoms with Crippen molar-refractivity contribution < 1.29 is 13.2 Å². The molecule has 0 aliphatic heterocycles. The standard InChI is InChI=1S/C5H7F3N4S/c1-2-13-4-11-10-3(12(4)9)5(6,7)8/h2,9H2,1H3. The van der Waals surface area contributed by atoms with Crippen LogP contribution in [0.5, 0.6) is 0 Å². The van der Waals surface area contributed by atoms with Gasteiger partial charge in [-0.15, -0.1) is 10.2 Å². The number of nitrogens with zero attached hydrogens (tertiary/aromatic N) is 3. The first-order chi connectivity index (χ1) is 5.96. The molecule has 0 aliphatic rings. The van der Waals surface area contributed by atoms with Crippen molar-refractivity contribution in [2.24, 2.45) is 0 Å². The quantitative estimate of drug-likeness (QED) is 0.589. The highest BCUT2D eigenvalue weighted by atomic mass is 32.2. The number of nitrogen functional groups attached to an aromatic ring is 1. The fourth-order valence-corrected chi connectivity index (χ4v) is 1.28. The van der Waals surface area contributed by atoms with Gasteiger partial charge in [-0.3, -0.25) is 0 Å². The minimum Gasteiger partial charge on any atom is -0.335 e. The van der Waals surface area contributed by atoms with E-state index in [9.17, 15) is 13.2 Å².